The second kappa shape index (κ2) is 4.63. The lowest BCUT2D eigenvalue weighted by atomic mass is 10.1. The fourth-order valence-corrected chi connectivity index (χ4v) is 3.43. The van der Waals surface area contributed by atoms with Gasteiger partial charge in [-0.3, -0.25) is 9.20 Å². The van der Waals surface area contributed by atoms with E-state index >= 15 is 0 Å². The zero-order chi connectivity index (χ0) is 13.6. The monoisotopic (exact) mass is 310 g/mol. The molecule has 0 bridgehead atoms. The molecule has 0 aliphatic heterocycles. The molecular weight excluding hydrogens is 303 g/mol. The quantitative estimate of drug-likeness (QED) is 0.680. The van der Waals surface area contributed by atoms with Crippen molar-refractivity contribution in [2.75, 3.05) is 0 Å². The number of hydrogen-bond acceptors (Lipinski definition) is 3. The van der Waals surface area contributed by atoms with Gasteiger partial charge in [-0.1, -0.05) is 46.7 Å². The number of rotatable bonds is 1. The van der Waals surface area contributed by atoms with Gasteiger partial charge in [0, 0.05) is 23.0 Å². The Labute approximate surface area is 123 Å². The van der Waals surface area contributed by atoms with Crippen LogP contribution in [0, 0.1) is 6.92 Å². The van der Waals surface area contributed by atoms with E-state index in [4.69, 9.17) is 23.2 Å². The maximum atomic E-state index is 12.4. The van der Waals surface area contributed by atoms with Crippen molar-refractivity contribution in [1.29, 1.82) is 0 Å². The van der Waals surface area contributed by atoms with E-state index < -0.39 is 0 Å². The Balaban J connectivity index is 2.39. The molecule has 0 atom stereocenters. The largest absolute Gasteiger partial charge is 0.268 e. The summed E-state index contributed by atoms with van der Waals surface area (Å²) < 4.78 is 1.87. The summed E-state index contributed by atoms with van der Waals surface area (Å²) in [5, 5.41) is 0.519. The van der Waals surface area contributed by atoms with Crippen LogP contribution >= 0.6 is 34.5 Å². The molecular formula is C13H8Cl2N2OS. The van der Waals surface area contributed by atoms with Gasteiger partial charge in [0.25, 0.3) is 5.56 Å². The van der Waals surface area contributed by atoms with Crippen LogP contribution < -0.4 is 5.56 Å². The van der Waals surface area contributed by atoms with Gasteiger partial charge in [-0.05, 0) is 18.6 Å². The van der Waals surface area contributed by atoms with Gasteiger partial charge in [0.2, 0.25) is 0 Å². The highest BCUT2D eigenvalue weighted by Gasteiger charge is 2.16. The van der Waals surface area contributed by atoms with Gasteiger partial charge < -0.3 is 0 Å². The van der Waals surface area contributed by atoms with Crippen LogP contribution in [-0.2, 0) is 0 Å². The lowest BCUT2D eigenvalue weighted by molar-refractivity contribution is 1.14. The van der Waals surface area contributed by atoms with Gasteiger partial charge in [0.1, 0.15) is 4.34 Å². The summed E-state index contributed by atoms with van der Waals surface area (Å²) >= 11 is 13.7. The van der Waals surface area contributed by atoms with E-state index in [0.717, 1.165) is 5.56 Å². The van der Waals surface area contributed by atoms with Gasteiger partial charge in [-0.25, -0.2) is 4.98 Å². The van der Waals surface area contributed by atoms with E-state index in [1.54, 1.807) is 12.4 Å². The molecule has 0 aliphatic carbocycles. The third-order valence-electron chi connectivity index (χ3n) is 2.81. The smallest absolute Gasteiger partial charge is 0.267 e. The second-order valence-corrected chi connectivity index (χ2v) is 6.11. The van der Waals surface area contributed by atoms with Crippen LogP contribution in [0.4, 0.5) is 0 Å². The lowest BCUT2D eigenvalue weighted by Gasteiger charge is -2.07. The van der Waals surface area contributed by atoms with Crippen molar-refractivity contribution >= 4 is 39.5 Å². The average Bonchev–Trinajstić information content (AvgIpc) is 2.80. The van der Waals surface area contributed by atoms with E-state index in [0.29, 0.717) is 25.4 Å². The number of fused-ring (bicyclic) bond motifs is 1. The minimum absolute atomic E-state index is 0.206. The first-order valence-electron chi connectivity index (χ1n) is 5.50. The zero-order valence-corrected chi connectivity index (χ0v) is 12.2. The topological polar surface area (TPSA) is 34.4 Å². The van der Waals surface area contributed by atoms with E-state index in [9.17, 15) is 4.79 Å². The number of aromatic nitrogens is 2. The second-order valence-electron chi connectivity index (χ2n) is 4.12. The molecule has 6 heteroatoms. The average molecular weight is 311 g/mol. The molecule has 0 spiro atoms. The first kappa shape index (κ1) is 12.7. The van der Waals surface area contributed by atoms with E-state index in [1.165, 1.54) is 15.7 Å². The van der Waals surface area contributed by atoms with Crippen molar-refractivity contribution in [3.8, 4) is 11.1 Å². The summed E-state index contributed by atoms with van der Waals surface area (Å²) in [5.41, 5.74) is 1.89. The fraction of sp³-hybridized carbons (Fsp3) is 0.0769. The van der Waals surface area contributed by atoms with Crippen LogP contribution in [0.25, 0.3) is 16.1 Å². The Bertz CT molecular complexity index is 838. The molecule has 3 nitrogen and oxygen atoms in total. The maximum absolute atomic E-state index is 12.4. The van der Waals surface area contributed by atoms with Crippen LogP contribution in [0.3, 0.4) is 0 Å². The summed E-state index contributed by atoms with van der Waals surface area (Å²) in [5.74, 6) is 0. The van der Waals surface area contributed by atoms with Crippen molar-refractivity contribution in [2.24, 2.45) is 0 Å². The van der Waals surface area contributed by atoms with Crippen molar-refractivity contribution in [2.45, 2.75) is 6.92 Å². The van der Waals surface area contributed by atoms with Crippen LogP contribution in [0.1, 0.15) is 5.56 Å². The molecule has 0 amide bonds. The number of benzene rings is 1. The summed E-state index contributed by atoms with van der Waals surface area (Å²) in [7, 11) is 0. The van der Waals surface area contributed by atoms with Crippen LogP contribution in [0.2, 0.25) is 9.36 Å². The van der Waals surface area contributed by atoms with Crippen LogP contribution in [-0.4, -0.2) is 9.38 Å². The molecule has 2 aromatic heterocycles. The third kappa shape index (κ3) is 2.06. The molecule has 1 aromatic carbocycles. The van der Waals surface area contributed by atoms with Gasteiger partial charge in [-0.15, -0.1) is 0 Å². The summed E-state index contributed by atoms with van der Waals surface area (Å²) in [6, 6.07) is 5.53. The highest BCUT2D eigenvalue weighted by atomic mass is 35.5. The Kier molecular flexibility index (Phi) is 3.09. The van der Waals surface area contributed by atoms with E-state index in [1.807, 2.05) is 25.1 Å². The van der Waals surface area contributed by atoms with Crippen molar-refractivity contribution < 1.29 is 0 Å². The number of hydrogen-bond donors (Lipinski definition) is 0. The molecule has 0 N–H and O–H groups in total. The molecule has 96 valence electrons. The number of imidazole rings is 1. The number of halogens is 2. The number of nitrogens with zero attached hydrogens (tertiary/aromatic N) is 2. The van der Waals surface area contributed by atoms with Crippen LogP contribution in [0.5, 0.6) is 0 Å². The molecule has 0 unspecified atom stereocenters. The molecule has 0 radical (unpaired) electrons. The highest BCUT2D eigenvalue weighted by molar-refractivity contribution is 7.20. The molecule has 3 rings (SSSR count). The Morgan fingerprint density at radius 1 is 1.32 bits per heavy atom. The molecule has 0 saturated heterocycles. The maximum Gasteiger partial charge on any atom is 0.267 e. The molecule has 3 aromatic rings. The van der Waals surface area contributed by atoms with E-state index in [2.05, 4.69) is 4.98 Å². The summed E-state index contributed by atoms with van der Waals surface area (Å²) in [4.78, 5) is 17.1. The molecule has 0 saturated carbocycles. The van der Waals surface area contributed by atoms with Crippen molar-refractivity contribution in [3.05, 3.63) is 55.9 Å². The van der Waals surface area contributed by atoms with Crippen LogP contribution in [0.15, 0.2) is 35.4 Å². The summed E-state index contributed by atoms with van der Waals surface area (Å²) in [6.07, 6.45) is 3.19. The first-order chi connectivity index (χ1) is 9.08. The zero-order valence-electron chi connectivity index (χ0n) is 9.85. The van der Waals surface area contributed by atoms with Crippen molar-refractivity contribution in [3.63, 3.8) is 0 Å². The molecule has 19 heavy (non-hydrogen) atoms. The van der Waals surface area contributed by atoms with Gasteiger partial charge in [0.05, 0.1) is 5.56 Å². The fourth-order valence-electron chi connectivity index (χ4n) is 1.90. The van der Waals surface area contributed by atoms with Gasteiger partial charge >= 0.3 is 0 Å². The molecule has 0 aliphatic rings. The Hall–Kier alpha value is -1.36. The first-order valence-corrected chi connectivity index (χ1v) is 7.07. The lowest BCUT2D eigenvalue weighted by Crippen LogP contribution is -2.13. The Morgan fingerprint density at radius 3 is 2.84 bits per heavy atom. The van der Waals surface area contributed by atoms with Gasteiger partial charge in [-0.2, -0.15) is 0 Å². The van der Waals surface area contributed by atoms with Crippen molar-refractivity contribution in [1.82, 2.24) is 9.38 Å². The Morgan fingerprint density at radius 2 is 2.11 bits per heavy atom. The number of aryl methyl sites for hydroxylation is 1. The minimum atomic E-state index is -0.206. The summed E-state index contributed by atoms with van der Waals surface area (Å²) in [6.45, 7) is 1.94. The normalized spacial score (nSPS) is 11.1. The third-order valence-corrected chi connectivity index (χ3v) is 4.41. The standard InChI is InChI=1S/C13H8Cl2N2OS/c1-7-2-3-8(9(14)6-7)10-11(15)19-13-16-4-5-17(13)12(10)18/h2-6H,1H3. The molecule has 0 fully saturated rings. The predicted molar refractivity (Wildman–Crippen MR) is 79.5 cm³/mol. The highest BCUT2D eigenvalue weighted by Crippen LogP contribution is 2.34. The van der Waals surface area contributed by atoms with E-state index in [-0.39, 0.29) is 5.56 Å². The molecule has 2 heterocycles. The van der Waals surface area contributed by atoms with Gasteiger partial charge in [0.15, 0.2) is 4.96 Å². The SMILES string of the molecule is Cc1ccc(-c2c(Cl)sc3nccn3c2=O)c(Cl)c1. The minimum Gasteiger partial charge on any atom is -0.268 e. The predicted octanol–water partition coefficient (Wildman–Crippen LogP) is 4.04.